The second-order valence-electron chi connectivity index (χ2n) is 6.70. The predicted octanol–water partition coefficient (Wildman–Crippen LogP) is 5.05. The van der Waals surface area contributed by atoms with Gasteiger partial charge in [0.25, 0.3) is 5.69 Å². The van der Waals surface area contributed by atoms with Gasteiger partial charge in [-0.25, -0.2) is 0 Å². The second-order valence-corrected chi connectivity index (χ2v) is 7.14. The molecule has 0 aliphatic rings. The number of anilines is 1. The summed E-state index contributed by atoms with van der Waals surface area (Å²) in [7, 11) is 0. The molecule has 8 nitrogen and oxygen atoms in total. The maximum Gasteiger partial charge on any atom is 0.275 e. The molecule has 1 N–H and O–H groups in total. The Bertz CT molecular complexity index is 1060. The molecular weight excluding hydrogens is 396 g/mol. The highest BCUT2D eigenvalue weighted by Gasteiger charge is 2.18. The van der Waals surface area contributed by atoms with Crippen molar-refractivity contribution in [3.63, 3.8) is 0 Å². The van der Waals surface area contributed by atoms with E-state index in [0.29, 0.717) is 10.8 Å². The molecule has 29 heavy (non-hydrogen) atoms. The summed E-state index contributed by atoms with van der Waals surface area (Å²) < 4.78 is 7.22. The number of nitrogens with zero attached hydrogens (tertiary/aromatic N) is 3. The number of rotatable bonds is 6. The minimum Gasteiger partial charge on any atom is -0.457 e. The van der Waals surface area contributed by atoms with Crippen LogP contribution in [0.2, 0.25) is 5.02 Å². The summed E-state index contributed by atoms with van der Waals surface area (Å²) in [6.45, 7) is 5.51. The van der Waals surface area contributed by atoms with Gasteiger partial charge in [-0.05, 0) is 44.0 Å². The van der Waals surface area contributed by atoms with Crippen LogP contribution in [0, 0.1) is 24.0 Å². The van der Waals surface area contributed by atoms with Crippen molar-refractivity contribution in [1.29, 1.82) is 0 Å². The molecule has 9 heteroatoms. The Morgan fingerprint density at radius 2 is 1.83 bits per heavy atom. The van der Waals surface area contributed by atoms with Crippen LogP contribution in [0.5, 0.6) is 11.5 Å². The van der Waals surface area contributed by atoms with Gasteiger partial charge in [0.2, 0.25) is 5.91 Å². The highest BCUT2D eigenvalue weighted by molar-refractivity contribution is 6.30. The molecule has 1 unspecified atom stereocenters. The first-order valence-corrected chi connectivity index (χ1v) is 9.15. The van der Waals surface area contributed by atoms with Crippen LogP contribution in [-0.4, -0.2) is 20.6 Å². The lowest BCUT2D eigenvalue weighted by molar-refractivity contribution is -0.384. The third-order valence-electron chi connectivity index (χ3n) is 4.15. The van der Waals surface area contributed by atoms with Crippen LogP contribution in [0.1, 0.15) is 24.1 Å². The van der Waals surface area contributed by atoms with E-state index in [0.717, 1.165) is 11.1 Å². The average Bonchev–Trinajstić information content (AvgIpc) is 3.06. The number of carbonyl (C=O) groups is 1. The van der Waals surface area contributed by atoms with Crippen molar-refractivity contribution in [3.8, 4) is 11.5 Å². The van der Waals surface area contributed by atoms with E-state index in [1.54, 1.807) is 6.92 Å². The molecule has 0 radical (unpaired) electrons. The minimum atomic E-state index is -0.662. The second kappa shape index (κ2) is 8.32. The normalized spacial score (nSPS) is 11.7. The summed E-state index contributed by atoms with van der Waals surface area (Å²) in [6, 6.07) is 9.10. The molecule has 1 aromatic heterocycles. The lowest BCUT2D eigenvalue weighted by Gasteiger charge is -2.14. The number of non-ortho nitro benzene ring substituents is 1. The zero-order valence-electron chi connectivity index (χ0n) is 16.0. The Balaban J connectivity index is 1.86. The summed E-state index contributed by atoms with van der Waals surface area (Å²) in [4.78, 5) is 23.3. The van der Waals surface area contributed by atoms with E-state index < -0.39 is 16.9 Å². The van der Waals surface area contributed by atoms with Gasteiger partial charge in [0.1, 0.15) is 17.5 Å². The molecule has 1 heterocycles. The highest BCUT2D eigenvalue weighted by atomic mass is 35.5. The standard InChI is InChI=1S/C20H19ClN4O4/c1-12-4-13(2)6-18(5-12)29-19-8-16(7-17(9-19)25(27)28)23-20(26)14(3)24-11-15(21)10-22-24/h4-11,14H,1-3H3,(H,23,26). The SMILES string of the molecule is Cc1cc(C)cc(Oc2cc(NC(=O)C(C)n3cc(Cl)cn3)cc([N+](=O)[O-])c2)c1. The molecule has 3 aromatic rings. The molecule has 1 atom stereocenters. The molecule has 0 fully saturated rings. The number of hydrogen-bond acceptors (Lipinski definition) is 5. The van der Waals surface area contributed by atoms with E-state index in [1.165, 1.54) is 35.3 Å². The Morgan fingerprint density at radius 3 is 2.41 bits per heavy atom. The van der Waals surface area contributed by atoms with Crippen molar-refractivity contribution in [2.45, 2.75) is 26.8 Å². The Morgan fingerprint density at radius 1 is 1.17 bits per heavy atom. The number of ether oxygens (including phenoxy) is 1. The number of hydrogen-bond donors (Lipinski definition) is 1. The summed E-state index contributed by atoms with van der Waals surface area (Å²) in [5.74, 6) is 0.400. The molecule has 0 spiro atoms. The first-order valence-electron chi connectivity index (χ1n) is 8.77. The third kappa shape index (κ3) is 5.11. The number of carbonyl (C=O) groups excluding carboxylic acids is 1. The molecule has 0 saturated carbocycles. The lowest BCUT2D eigenvalue weighted by atomic mass is 10.1. The Hall–Kier alpha value is -3.39. The fourth-order valence-electron chi connectivity index (χ4n) is 2.84. The summed E-state index contributed by atoms with van der Waals surface area (Å²) >= 11 is 5.84. The van der Waals surface area contributed by atoms with Gasteiger partial charge in [0.05, 0.1) is 27.9 Å². The smallest absolute Gasteiger partial charge is 0.275 e. The monoisotopic (exact) mass is 414 g/mol. The van der Waals surface area contributed by atoms with Crippen molar-refractivity contribution in [2.75, 3.05) is 5.32 Å². The van der Waals surface area contributed by atoms with Gasteiger partial charge in [0, 0.05) is 18.3 Å². The molecule has 0 saturated heterocycles. The van der Waals surface area contributed by atoms with Crippen LogP contribution in [0.4, 0.5) is 11.4 Å². The largest absolute Gasteiger partial charge is 0.457 e. The first kappa shape index (κ1) is 20.3. The van der Waals surface area contributed by atoms with Crippen molar-refractivity contribution in [2.24, 2.45) is 0 Å². The number of halogens is 1. The fraction of sp³-hybridized carbons (Fsp3) is 0.200. The van der Waals surface area contributed by atoms with Gasteiger partial charge < -0.3 is 10.1 Å². The van der Waals surface area contributed by atoms with Gasteiger partial charge in [-0.1, -0.05) is 17.7 Å². The number of aromatic nitrogens is 2. The van der Waals surface area contributed by atoms with Gasteiger partial charge in [-0.3, -0.25) is 19.6 Å². The van der Waals surface area contributed by atoms with E-state index in [9.17, 15) is 14.9 Å². The number of nitro groups is 1. The summed E-state index contributed by atoms with van der Waals surface area (Å²) in [6.07, 6.45) is 2.95. The van der Waals surface area contributed by atoms with Crippen molar-refractivity contribution < 1.29 is 14.5 Å². The number of aryl methyl sites for hydroxylation is 2. The van der Waals surface area contributed by atoms with Crippen LogP contribution in [0.25, 0.3) is 0 Å². The van der Waals surface area contributed by atoms with Crippen molar-refractivity contribution >= 4 is 28.9 Å². The van der Waals surface area contributed by atoms with Gasteiger partial charge in [-0.15, -0.1) is 0 Å². The van der Waals surface area contributed by atoms with E-state index >= 15 is 0 Å². The van der Waals surface area contributed by atoms with Crippen LogP contribution >= 0.6 is 11.6 Å². The third-order valence-corrected chi connectivity index (χ3v) is 4.34. The average molecular weight is 415 g/mol. The van der Waals surface area contributed by atoms with E-state index in [4.69, 9.17) is 16.3 Å². The van der Waals surface area contributed by atoms with E-state index in [-0.39, 0.29) is 17.1 Å². The van der Waals surface area contributed by atoms with Crippen LogP contribution in [0.3, 0.4) is 0 Å². The van der Waals surface area contributed by atoms with Crippen LogP contribution in [0.15, 0.2) is 48.8 Å². The number of nitrogens with one attached hydrogen (secondary N) is 1. The minimum absolute atomic E-state index is 0.197. The Kier molecular flexibility index (Phi) is 5.84. The molecule has 0 bridgehead atoms. The van der Waals surface area contributed by atoms with E-state index in [1.807, 2.05) is 32.0 Å². The predicted molar refractivity (Wildman–Crippen MR) is 110 cm³/mol. The number of amides is 1. The van der Waals surface area contributed by atoms with E-state index in [2.05, 4.69) is 10.4 Å². The summed E-state index contributed by atoms with van der Waals surface area (Å²) in [5, 5.41) is 18.4. The van der Waals surface area contributed by atoms with Crippen molar-refractivity contribution in [1.82, 2.24) is 9.78 Å². The molecule has 0 aliphatic heterocycles. The molecule has 3 rings (SSSR count). The maximum atomic E-state index is 12.5. The Labute approximate surface area is 172 Å². The summed E-state index contributed by atoms with van der Waals surface area (Å²) in [5.41, 5.74) is 2.06. The number of nitro benzene ring substituents is 1. The fourth-order valence-corrected chi connectivity index (χ4v) is 2.98. The van der Waals surface area contributed by atoms with Gasteiger partial charge in [-0.2, -0.15) is 5.10 Å². The van der Waals surface area contributed by atoms with Gasteiger partial charge >= 0.3 is 0 Å². The molecule has 1 amide bonds. The molecule has 0 aliphatic carbocycles. The van der Waals surface area contributed by atoms with Crippen LogP contribution < -0.4 is 10.1 Å². The lowest BCUT2D eigenvalue weighted by Crippen LogP contribution is -2.24. The number of benzene rings is 2. The topological polar surface area (TPSA) is 99.3 Å². The molecular formula is C20H19ClN4O4. The van der Waals surface area contributed by atoms with Gasteiger partial charge in [0.15, 0.2) is 0 Å². The quantitative estimate of drug-likeness (QED) is 0.449. The van der Waals surface area contributed by atoms with Crippen LogP contribution in [-0.2, 0) is 4.79 Å². The van der Waals surface area contributed by atoms with Crippen molar-refractivity contribution in [3.05, 3.63) is 75.1 Å². The zero-order valence-corrected chi connectivity index (χ0v) is 16.8. The molecule has 150 valence electrons. The first-order chi connectivity index (χ1) is 13.7. The maximum absolute atomic E-state index is 12.5. The zero-order chi connectivity index (χ0) is 21.1. The molecule has 2 aromatic carbocycles. The highest BCUT2D eigenvalue weighted by Crippen LogP contribution is 2.31.